The predicted octanol–water partition coefficient (Wildman–Crippen LogP) is 4.22. The Labute approximate surface area is 122 Å². The normalized spacial score (nSPS) is 9.89. The van der Waals surface area contributed by atoms with E-state index in [0.29, 0.717) is 0 Å². The number of benzene rings is 1. The van der Waals surface area contributed by atoms with Gasteiger partial charge in [-0.3, -0.25) is 4.98 Å². The molecule has 96 valence electrons. The van der Waals surface area contributed by atoms with Crippen LogP contribution in [0.25, 0.3) is 10.6 Å². The van der Waals surface area contributed by atoms with Crippen molar-refractivity contribution in [2.24, 2.45) is 0 Å². The van der Waals surface area contributed by atoms with Crippen LogP contribution < -0.4 is 0 Å². The number of nitrogens with zero attached hydrogens (tertiary/aromatic N) is 2. The molecule has 0 atom stereocenters. The van der Waals surface area contributed by atoms with E-state index >= 15 is 0 Å². The van der Waals surface area contributed by atoms with Crippen LogP contribution in [0.15, 0.2) is 60.2 Å². The lowest BCUT2D eigenvalue weighted by Crippen LogP contribution is -1.87. The Morgan fingerprint density at radius 1 is 0.947 bits per heavy atom. The molecule has 0 bridgehead atoms. The largest absolute Gasteiger partial charge is 0.265 e. The second-order valence-electron chi connectivity index (χ2n) is 4.04. The highest BCUT2D eigenvalue weighted by Crippen LogP contribution is 2.23. The van der Waals surface area contributed by atoms with Gasteiger partial charge in [0.25, 0.3) is 0 Å². The van der Waals surface area contributed by atoms with Crippen molar-refractivity contribution in [3.8, 4) is 10.6 Å². The molecule has 2 aromatic heterocycles. The van der Waals surface area contributed by atoms with Crippen LogP contribution in [0.3, 0.4) is 0 Å². The van der Waals surface area contributed by atoms with E-state index in [-0.39, 0.29) is 12.4 Å². The number of pyridine rings is 1. The lowest BCUT2D eigenvalue weighted by Gasteiger charge is -1.97. The van der Waals surface area contributed by atoms with Crippen LogP contribution in [0.4, 0.5) is 0 Å². The summed E-state index contributed by atoms with van der Waals surface area (Å²) >= 11 is 1.68. The SMILES string of the molecule is Cl.c1ccc(Cc2csc(-c3ccncc3)n2)cc1. The first-order chi connectivity index (χ1) is 8.92. The van der Waals surface area contributed by atoms with Gasteiger partial charge in [0.1, 0.15) is 5.01 Å². The van der Waals surface area contributed by atoms with Crippen LogP contribution in [0.2, 0.25) is 0 Å². The average molecular weight is 289 g/mol. The van der Waals surface area contributed by atoms with Gasteiger partial charge in [0.15, 0.2) is 0 Å². The number of hydrogen-bond donors (Lipinski definition) is 0. The van der Waals surface area contributed by atoms with Crippen molar-refractivity contribution in [1.82, 2.24) is 9.97 Å². The van der Waals surface area contributed by atoms with Gasteiger partial charge in [-0.2, -0.15) is 0 Å². The quantitative estimate of drug-likeness (QED) is 0.721. The first kappa shape index (κ1) is 13.7. The molecule has 3 aromatic rings. The maximum Gasteiger partial charge on any atom is 0.123 e. The minimum Gasteiger partial charge on any atom is -0.265 e. The summed E-state index contributed by atoms with van der Waals surface area (Å²) in [5.41, 5.74) is 3.55. The molecule has 2 heterocycles. The standard InChI is InChI=1S/C15H12N2S.ClH/c1-2-4-12(5-3-1)10-14-11-18-15(17-14)13-6-8-16-9-7-13;/h1-9,11H,10H2;1H. The molecule has 0 amide bonds. The Kier molecular flexibility index (Phi) is 4.66. The third-order valence-electron chi connectivity index (χ3n) is 2.71. The van der Waals surface area contributed by atoms with Crippen molar-refractivity contribution in [1.29, 1.82) is 0 Å². The Hall–Kier alpha value is -1.71. The molecule has 0 N–H and O–H groups in total. The summed E-state index contributed by atoms with van der Waals surface area (Å²) in [5.74, 6) is 0. The molecule has 0 unspecified atom stereocenters. The fourth-order valence-corrected chi connectivity index (χ4v) is 2.65. The summed E-state index contributed by atoms with van der Waals surface area (Å²) in [7, 11) is 0. The molecule has 0 fully saturated rings. The van der Waals surface area contributed by atoms with Crippen molar-refractivity contribution in [2.45, 2.75) is 6.42 Å². The molecular formula is C15H13ClN2S. The second kappa shape index (κ2) is 6.45. The second-order valence-corrected chi connectivity index (χ2v) is 4.90. The van der Waals surface area contributed by atoms with Gasteiger partial charge in [-0.05, 0) is 17.7 Å². The van der Waals surface area contributed by atoms with Gasteiger partial charge < -0.3 is 0 Å². The first-order valence-electron chi connectivity index (χ1n) is 5.80. The van der Waals surface area contributed by atoms with Crippen molar-refractivity contribution < 1.29 is 0 Å². The van der Waals surface area contributed by atoms with E-state index in [0.717, 1.165) is 22.7 Å². The van der Waals surface area contributed by atoms with Crippen LogP contribution >= 0.6 is 23.7 Å². The third-order valence-corrected chi connectivity index (χ3v) is 3.65. The Morgan fingerprint density at radius 3 is 2.42 bits per heavy atom. The molecule has 0 aliphatic rings. The Morgan fingerprint density at radius 2 is 1.68 bits per heavy atom. The molecule has 4 heteroatoms. The summed E-state index contributed by atoms with van der Waals surface area (Å²) in [6, 6.07) is 14.4. The average Bonchev–Trinajstić information content (AvgIpc) is 2.89. The van der Waals surface area contributed by atoms with Crippen LogP contribution in [-0.2, 0) is 6.42 Å². The number of aromatic nitrogens is 2. The highest BCUT2D eigenvalue weighted by atomic mass is 35.5. The lowest BCUT2D eigenvalue weighted by molar-refractivity contribution is 1.11. The van der Waals surface area contributed by atoms with E-state index in [9.17, 15) is 0 Å². The Bertz CT molecular complexity index is 623. The van der Waals surface area contributed by atoms with Crippen molar-refractivity contribution >= 4 is 23.7 Å². The summed E-state index contributed by atoms with van der Waals surface area (Å²) < 4.78 is 0. The van der Waals surface area contributed by atoms with E-state index in [2.05, 4.69) is 39.6 Å². The topological polar surface area (TPSA) is 25.8 Å². The lowest BCUT2D eigenvalue weighted by atomic mass is 10.1. The third kappa shape index (κ3) is 3.40. The smallest absolute Gasteiger partial charge is 0.123 e. The van der Waals surface area contributed by atoms with Gasteiger partial charge in [0.2, 0.25) is 0 Å². The molecule has 0 spiro atoms. The van der Waals surface area contributed by atoms with Crippen LogP contribution in [0.1, 0.15) is 11.3 Å². The van der Waals surface area contributed by atoms with Crippen molar-refractivity contribution in [3.05, 3.63) is 71.5 Å². The predicted molar refractivity (Wildman–Crippen MR) is 81.8 cm³/mol. The van der Waals surface area contributed by atoms with Gasteiger partial charge >= 0.3 is 0 Å². The summed E-state index contributed by atoms with van der Waals surface area (Å²) in [5, 5.41) is 3.19. The number of thiazole rings is 1. The maximum atomic E-state index is 4.67. The van der Waals surface area contributed by atoms with E-state index in [4.69, 9.17) is 0 Å². The molecule has 0 aliphatic carbocycles. The molecule has 19 heavy (non-hydrogen) atoms. The van der Waals surface area contributed by atoms with Crippen LogP contribution in [0, 0.1) is 0 Å². The first-order valence-corrected chi connectivity index (χ1v) is 6.68. The zero-order chi connectivity index (χ0) is 12.2. The van der Waals surface area contributed by atoms with E-state index < -0.39 is 0 Å². The maximum absolute atomic E-state index is 4.67. The molecule has 0 saturated carbocycles. The minimum atomic E-state index is 0. The van der Waals surface area contributed by atoms with Crippen LogP contribution in [0.5, 0.6) is 0 Å². The number of halogens is 1. The zero-order valence-electron chi connectivity index (χ0n) is 10.2. The molecule has 0 saturated heterocycles. The number of rotatable bonds is 3. The van der Waals surface area contributed by atoms with Crippen LogP contribution in [-0.4, -0.2) is 9.97 Å². The zero-order valence-corrected chi connectivity index (χ0v) is 11.8. The van der Waals surface area contributed by atoms with Crippen molar-refractivity contribution in [3.63, 3.8) is 0 Å². The highest BCUT2D eigenvalue weighted by molar-refractivity contribution is 7.13. The summed E-state index contributed by atoms with van der Waals surface area (Å²) in [6.07, 6.45) is 4.49. The van der Waals surface area contributed by atoms with Gasteiger partial charge in [-0.15, -0.1) is 23.7 Å². The minimum absolute atomic E-state index is 0. The molecule has 0 aliphatic heterocycles. The molecule has 1 aromatic carbocycles. The molecule has 0 radical (unpaired) electrons. The van der Waals surface area contributed by atoms with E-state index in [1.165, 1.54) is 5.56 Å². The van der Waals surface area contributed by atoms with Gasteiger partial charge in [0.05, 0.1) is 5.69 Å². The molecular weight excluding hydrogens is 276 g/mol. The van der Waals surface area contributed by atoms with E-state index in [1.54, 1.807) is 23.7 Å². The molecule has 3 rings (SSSR count). The van der Waals surface area contributed by atoms with Gasteiger partial charge in [-0.25, -0.2) is 4.98 Å². The van der Waals surface area contributed by atoms with E-state index in [1.807, 2.05) is 18.2 Å². The van der Waals surface area contributed by atoms with Crippen molar-refractivity contribution in [2.75, 3.05) is 0 Å². The fraction of sp³-hybridized carbons (Fsp3) is 0.0667. The summed E-state index contributed by atoms with van der Waals surface area (Å²) in [6.45, 7) is 0. The Balaban J connectivity index is 0.00000133. The summed E-state index contributed by atoms with van der Waals surface area (Å²) in [4.78, 5) is 8.69. The van der Waals surface area contributed by atoms with Gasteiger partial charge in [0, 0.05) is 29.8 Å². The highest BCUT2D eigenvalue weighted by Gasteiger charge is 2.04. The van der Waals surface area contributed by atoms with Gasteiger partial charge in [-0.1, -0.05) is 30.3 Å². The number of hydrogen-bond acceptors (Lipinski definition) is 3. The fourth-order valence-electron chi connectivity index (χ4n) is 1.82. The molecule has 2 nitrogen and oxygen atoms in total. The monoisotopic (exact) mass is 288 g/mol.